The standard InChI is InChI=1S/C18H25N5O2/c1-2-23-11-14(8-20-23)10-22-7-5-16(13-24)17(12-22)21-18(25)15-4-3-6-19-9-15/h3-4,6,8-9,11,16-17,24H,2,5,7,10,12-13H2,1H3,(H,21,25)/t16-,17-/m1/s1. The quantitative estimate of drug-likeness (QED) is 0.815. The van der Waals surface area contributed by atoms with Gasteiger partial charge in [-0.05, 0) is 32.0 Å². The molecule has 7 nitrogen and oxygen atoms in total. The predicted octanol–water partition coefficient (Wildman–Crippen LogP) is 0.911. The summed E-state index contributed by atoms with van der Waals surface area (Å²) in [5.74, 6) is -0.0626. The first-order valence-corrected chi connectivity index (χ1v) is 8.75. The molecule has 0 unspecified atom stereocenters. The molecule has 2 atom stereocenters. The molecular weight excluding hydrogens is 318 g/mol. The van der Waals surface area contributed by atoms with E-state index in [0.717, 1.165) is 26.1 Å². The van der Waals surface area contributed by atoms with E-state index >= 15 is 0 Å². The van der Waals surface area contributed by atoms with Gasteiger partial charge in [0.1, 0.15) is 0 Å². The summed E-state index contributed by atoms with van der Waals surface area (Å²) in [7, 11) is 0. The van der Waals surface area contributed by atoms with Crippen LogP contribution >= 0.6 is 0 Å². The van der Waals surface area contributed by atoms with Gasteiger partial charge in [-0.2, -0.15) is 5.10 Å². The zero-order valence-corrected chi connectivity index (χ0v) is 14.5. The van der Waals surface area contributed by atoms with Crippen molar-refractivity contribution in [1.29, 1.82) is 0 Å². The van der Waals surface area contributed by atoms with Crippen LogP contribution in [0, 0.1) is 5.92 Å². The lowest BCUT2D eigenvalue weighted by Gasteiger charge is -2.38. The van der Waals surface area contributed by atoms with Gasteiger partial charge in [-0.15, -0.1) is 0 Å². The first-order chi connectivity index (χ1) is 12.2. The predicted molar refractivity (Wildman–Crippen MR) is 93.9 cm³/mol. The highest BCUT2D eigenvalue weighted by molar-refractivity contribution is 5.94. The molecule has 1 saturated heterocycles. The zero-order chi connectivity index (χ0) is 17.6. The lowest BCUT2D eigenvalue weighted by molar-refractivity contribution is 0.0730. The minimum atomic E-state index is -0.141. The van der Waals surface area contributed by atoms with Crippen LogP contribution < -0.4 is 5.32 Å². The van der Waals surface area contributed by atoms with Crippen LogP contribution in [0.2, 0.25) is 0 Å². The first kappa shape index (κ1) is 17.6. The molecule has 1 fully saturated rings. The van der Waals surface area contributed by atoms with Gasteiger partial charge in [0.25, 0.3) is 5.91 Å². The number of aliphatic hydroxyl groups is 1. The molecule has 0 saturated carbocycles. The second-order valence-corrected chi connectivity index (χ2v) is 6.49. The second-order valence-electron chi connectivity index (χ2n) is 6.49. The number of aromatic nitrogens is 3. The molecule has 0 spiro atoms. The maximum absolute atomic E-state index is 12.4. The minimum Gasteiger partial charge on any atom is -0.396 e. The lowest BCUT2D eigenvalue weighted by Crippen LogP contribution is -2.53. The van der Waals surface area contributed by atoms with Gasteiger partial charge < -0.3 is 10.4 Å². The summed E-state index contributed by atoms with van der Waals surface area (Å²) in [6.45, 7) is 5.43. The number of piperidine rings is 1. The van der Waals surface area contributed by atoms with Crippen molar-refractivity contribution >= 4 is 5.91 Å². The third kappa shape index (κ3) is 4.43. The molecule has 7 heteroatoms. The van der Waals surface area contributed by atoms with Crippen molar-refractivity contribution in [3.8, 4) is 0 Å². The van der Waals surface area contributed by atoms with Gasteiger partial charge in [0, 0.05) is 62.4 Å². The van der Waals surface area contributed by atoms with Crippen LogP contribution in [-0.4, -0.2) is 56.4 Å². The number of likely N-dealkylation sites (tertiary alicyclic amines) is 1. The van der Waals surface area contributed by atoms with Crippen LogP contribution in [0.1, 0.15) is 29.3 Å². The number of hydrogen-bond donors (Lipinski definition) is 2. The van der Waals surface area contributed by atoms with Crippen molar-refractivity contribution in [1.82, 2.24) is 25.0 Å². The molecule has 25 heavy (non-hydrogen) atoms. The fourth-order valence-electron chi connectivity index (χ4n) is 3.26. The van der Waals surface area contributed by atoms with Gasteiger partial charge in [0.15, 0.2) is 0 Å². The highest BCUT2D eigenvalue weighted by Gasteiger charge is 2.30. The Morgan fingerprint density at radius 1 is 1.44 bits per heavy atom. The van der Waals surface area contributed by atoms with E-state index in [0.29, 0.717) is 12.1 Å². The van der Waals surface area contributed by atoms with Gasteiger partial charge >= 0.3 is 0 Å². The molecule has 134 valence electrons. The number of amides is 1. The van der Waals surface area contributed by atoms with E-state index in [2.05, 4.69) is 33.4 Å². The van der Waals surface area contributed by atoms with Crippen LogP contribution in [0.3, 0.4) is 0 Å². The van der Waals surface area contributed by atoms with Gasteiger partial charge in [-0.25, -0.2) is 0 Å². The molecule has 0 radical (unpaired) electrons. The molecule has 1 aliphatic heterocycles. The van der Waals surface area contributed by atoms with Crippen molar-refractivity contribution in [3.63, 3.8) is 0 Å². The van der Waals surface area contributed by atoms with Crippen molar-refractivity contribution in [2.45, 2.75) is 32.5 Å². The second kappa shape index (κ2) is 8.22. The van der Waals surface area contributed by atoms with Crippen molar-refractivity contribution in [2.75, 3.05) is 19.7 Å². The number of carbonyl (C=O) groups excluding carboxylic acids is 1. The molecular formula is C18H25N5O2. The van der Waals surface area contributed by atoms with Gasteiger partial charge in [0.2, 0.25) is 0 Å². The van der Waals surface area contributed by atoms with Crippen LogP contribution in [0.4, 0.5) is 0 Å². The van der Waals surface area contributed by atoms with Crippen molar-refractivity contribution in [2.24, 2.45) is 5.92 Å². The summed E-state index contributed by atoms with van der Waals surface area (Å²) in [5.41, 5.74) is 1.71. The Morgan fingerprint density at radius 3 is 3.00 bits per heavy atom. The number of nitrogens with zero attached hydrogens (tertiary/aromatic N) is 4. The van der Waals surface area contributed by atoms with Crippen LogP contribution in [0.5, 0.6) is 0 Å². The number of rotatable bonds is 6. The molecule has 1 amide bonds. The number of aliphatic hydroxyl groups excluding tert-OH is 1. The monoisotopic (exact) mass is 343 g/mol. The highest BCUT2D eigenvalue weighted by Crippen LogP contribution is 2.20. The SMILES string of the molecule is CCn1cc(CN2CC[C@H](CO)[C@H](NC(=O)c3cccnc3)C2)cn1. The molecule has 3 heterocycles. The van der Waals surface area contributed by atoms with Crippen LogP contribution in [0.25, 0.3) is 0 Å². The van der Waals surface area contributed by atoms with Gasteiger partial charge in [0.05, 0.1) is 11.8 Å². The molecule has 0 aromatic carbocycles. The summed E-state index contributed by atoms with van der Waals surface area (Å²) in [5, 5.41) is 17.0. The Labute approximate surface area is 147 Å². The molecule has 3 rings (SSSR count). The Hall–Kier alpha value is -2.25. The summed E-state index contributed by atoms with van der Waals surface area (Å²) in [6.07, 6.45) is 8.01. The zero-order valence-electron chi connectivity index (χ0n) is 14.5. The first-order valence-electron chi connectivity index (χ1n) is 8.75. The topological polar surface area (TPSA) is 83.3 Å². The van der Waals surface area contributed by atoms with Crippen LogP contribution in [-0.2, 0) is 13.1 Å². The fraction of sp³-hybridized carbons (Fsp3) is 0.500. The third-order valence-electron chi connectivity index (χ3n) is 4.73. The van der Waals surface area contributed by atoms with E-state index in [9.17, 15) is 9.90 Å². The van der Waals surface area contributed by atoms with Crippen molar-refractivity contribution in [3.05, 3.63) is 48.0 Å². The number of carbonyl (C=O) groups is 1. The molecule has 2 aromatic heterocycles. The Balaban J connectivity index is 1.63. The van der Waals surface area contributed by atoms with E-state index in [1.54, 1.807) is 24.5 Å². The summed E-state index contributed by atoms with van der Waals surface area (Å²) < 4.78 is 1.91. The van der Waals surface area contributed by atoms with E-state index in [4.69, 9.17) is 0 Å². The number of aryl methyl sites for hydroxylation is 1. The van der Waals surface area contributed by atoms with Crippen molar-refractivity contribution < 1.29 is 9.90 Å². The van der Waals surface area contributed by atoms with Gasteiger partial charge in [-0.1, -0.05) is 0 Å². The Kier molecular flexibility index (Phi) is 5.78. The summed E-state index contributed by atoms with van der Waals surface area (Å²) in [6, 6.07) is 3.42. The summed E-state index contributed by atoms with van der Waals surface area (Å²) in [4.78, 5) is 18.7. The average Bonchev–Trinajstić information content (AvgIpc) is 3.10. The molecule has 2 N–H and O–H groups in total. The molecule has 1 aliphatic rings. The highest BCUT2D eigenvalue weighted by atomic mass is 16.3. The Bertz CT molecular complexity index is 688. The largest absolute Gasteiger partial charge is 0.396 e. The van der Waals surface area contributed by atoms with E-state index in [1.807, 2.05) is 10.9 Å². The minimum absolute atomic E-state index is 0.0762. The number of pyridine rings is 1. The molecule has 0 aliphatic carbocycles. The lowest BCUT2D eigenvalue weighted by atomic mass is 9.91. The average molecular weight is 343 g/mol. The third-order valence-corrected chi connectivity index (χ3v) is 4.73. The maximum Gasteiger partial charge on any atom is 0.253 e. The van der Waals surface area contributed by atoms with E-state index < -0.39 is 0 Å². The van der Waals surface area contributed by atoms with Gasteiger partial charge in [-0.3, -0.25) is 19.4 Å². The Morgan fingerprint density at radius 2 is 2.32 bits per heavy atom. The van der Waals surface area contributed by atoms with E-state index in [-0.39, 0.29) is 24.5 Å². The molecule has 0 bridgehead atoms. The molecule has 2 aromatic rings. The maximum atomic E-state index is 12.4. The number of hydrogen-bond acceptors (Lipinski definition) is 5. The van der Waals surface area contributed by atoms with E-state index in [1.165, 1.54) is 5.56 Å². The summed E-state index contributed by atoms with van der Waals surface area (Å²) >= 11 is 0. The normalized spacial score (nSPS) is 21.2. The fourth-order valence-corrected chi connectivity index (χ4v) is 3.26. The van der Waals surface area contributed by atoms with Crippen LogP contribution in [0.15, 0.2) is 36.9 Å². The number of nitrogens with one attached hydrogen (secondary N) is 1. The smallest absolute Gasteiger partial charge is 0.253 e.